The van der Waals surface area contributed by atoms with Gasteiger partial charge in [-0.1, -0.05) is 24.3 Å². The van der Waals surface area contributed by atoms with Crippen molar-refractivity contribution < 1.29 is 17.6 Å². The van der Waals surface area contributed by atoms with E-state index in [1.165, 1.54) is 23.1 Å². The number of fused-ring (bicyclic) bond motifs is 1. The van der Waals surface area contributed by atoms with Crippen molar-refractivity contribution in [2.24, 2.45) is 0 Å². The maximum atomic E-state index is 14.0. The van der Waals surface area contributed by atoms with Crippen molar-refractivity contribution in [1.29, 1.82) is 0 Å². The molecule has 0 spiro atoms. The lowest BCUT2D eigenvalue weighted by atomic mass is 10.1. The van der Waals surface area contributed by atoms with Gasteiger partial charge in [0, 0.05) is 5.56 Å². The lowest BCUT2D eigenvalue weighted by Crippen LogP contribution is -2.47. The molecule has 2 amide bonds. The summed E-state index contributed by atoms with van der Waals surface area (Å²) in [5.41, 5.74) is 1.33. The molecule has 3 rings (SSSR count). The normalized spacial score (nSPS) is 16.1. The molecule has 1 aliphatic rings. The molecular formula is C15H13FN2O3S. The average molecular weight is 320 g/mol. The second-order valence-corrected chi connectivity index (χ2v) is 6.71. The summed E-state index contributed by atoms with van der Waals surface area (Å²) in [6.45, 7) is 1.72. The van der Waals surface area contributed by atoms with Gasteiger partial charge in [0.15, 0.2) is 0 Å². The second kappa shape index (κ2) is 5.10. The molecule has 0 bridgehead atoms. The highest BCUT2D eigenvalue weighted by Gasteiger charge is 2.33. The molecule has 0 aliphatic carbocycles. The Morgan fingerprint density at radius 3 is 2.64 bits per heavy atom. The van der Waals surface area contributed by atoms with E-state index in [1.807, 2.05) is 4.72 Å². The smallest absolute Gasteiger partial charge is 0.288 e. The molecule has 0 fully saturated rings. The molecule has 0 saturated carbocycles. The largest absolute Gasteiger partial charge is 0.336 e. The predicted octanol–water partition coefficient (Wildman–Crippen LogP) is 2.55. The highest BCUT2D eigenvalue weighted by Crippen LogP contribution is 2.30. The molecule has 114 valence electrons. The maximum Gasteiger partial charge on any atom is 0.336 e. The predicted molar refractivity (Wildman–Crippen MR) is 79.5 cm³/mol. The molecular weight excluding hydrogens is 307 g/mol. The lowest BCUT2D eigenvalue weighted by molar-refractivity contribution is 0.250. The van der Waals surface area contributed by atoms with Gasteiger partial charge in [-0.15, -0.1) is 0 Å². The first kappa shape index (κ1) is 14.5. The Morgan fingerprint density at radius 2 is 1.91 bits per heavy atom. The summed E-state index contributed by atoms with van der Waals surface area (Å²) in [6.07, 6.45) is 0. The number of carbonyl (C=O) groups excluding carboxylic acids is 1. The first-order valence-corrected chi connectivity index (χ1v) is 8.05. The molecule has 2 aromatic carbocycles. The fourth-order valence-corrected chi connectivity index (χ4v) is 3.51. The Morgan fingerprint density at radius 1 is 1.18 bits per heavy atom. The highest BCUT2D eigenvalue weighted by molar-refractivity contribution is 7.90. The average Bonchev–Trinajstić information content (AvgIpc) is 2.45. The third-order valence-corrected chi connectivity index (χ3v) is 4.82. The first-order valence-electron chi connectivity index (χ1n) is 6.57. The monoisotopic (exact) mass is 320 g/mol. The van der Waals surface area contributed by atoms with Crippen LogP contribution in [0.15, 0.2) is 47.4 Å². The number of halogens is 1. The first-order chi connectivity index (χ1) is 10.4. The van der Waals surface area contributed by atoms with E-state index in [4.69, 9.17) is 0 Å². The van der Waals surface area contributed by atoms with Gasteiger partial charge >= 0.3 is 6.03 Å². The Labute approximate surface area is 127 Å². The van der Waals surface area contributed by atoms with Gasteiger partial charge in [0.1, 0.15) is 10.7 Å². The van der Waals surface area contributed by atoms with E-state index in [-0.39, 0.29) is 17.1 Å². The van der Waals surface area contributed by atoms with Crippen molar-refractivity contribution in [2.45, 2.75) is 18.4 Å². The number of benzene rings is 2. The Kier molecular flexibility index (Phi) is 3.37. The van der Waals surface area contributed by atoms with Crippen molar-refractivity contribution in [1.82, 2.24) is 4.72 Å². The van der Waals surface area contributed by atoms with Crippen molar-refractivity contribution >= 4 is 21.7 Å². The number of aryl methyl sites for hydroxylation is 1. The summed E-state index contributed by atoms with van der Waals surface area (Å²) in [6, 6.07) is 10.0. The van der Waals surface area contributed by atoms with Gasteiger partial charge in [-0.3, -0.25) is 4.90 Å². The van der Waals surface area contributed by atoms with E-state index in [0.29, 0.717) is 5.56 Å². The van der Waals surface area contributed by atoms with Crippen LogP contribution in [0.3, 0.4) is 0 Å². The Balaban J connectivity index is 2.05. The van der Waals surface area contributed by atoms with Crippen LogP contribution < -0.4 is 9.62 Å². The minimum Gasteiger partial charge on any atom is -0.288 e. The van der Waals surface area contributed by atoms with E-state index in [9.17, 15) is 17.6 Å². The molecule has 1 N–H and O–H groups in total. The van der Waals surface area contributed by atoms with Crippen LogP contribution in [0.4, 0.5) is 14.9 Å². The molecule has 5 nitrogen and oxygen atoms in total. The number of urea groups is 1. The number of amides is 2. The van der Waals surface area contributed by atoms with Crippen molar-refractivity contribution in [3.63, 3.8) is 0 Å². The summed E-state index contributed by atoms with van der Waals surface area (Å²) >= 11 is 0. The Hall–Kier alpha value is -2.41. The molecule has 0 aromatic heterocycles. The van der Waals surface area contributed by atoms with Crippen LogP contribution in [0.25, 0.3) is 0 Å². The van der Waals surface area contributed by atoms with E-state index in [1.54, 1.807) is 31.2 Å². The number of nitrogens with one attached hydrogen (secondary N) is 1. The number of anilines is 1. The van der Waals surface area contributed by atoms with E-state index in [0.717, 1.165) is 5.56 Å². The summed E-state index contributed by atoms with van der Waals surface area (Å²) < 4.78 is 39.9. The summed E-state index contributed by atoms with van der Waals surface area (Å²) in [4.78, 5) is 13.3. The number of sulfonamides is 1. The van der Waals surface area contributed by atoms with Gasteiger partial charge in [-0.05, 0) is 30.7 Å². The lowest BCUT2D eigenvalue weighted by Gasteiger charge is -2.29. The van der Waals surface area contributed by atoms with Gasteiger partial charge in [-0.25, -0.2) is 22.3 Å². The van der Waals surface area contributed by atoms with Gasteiger partial charge in [0.2, 0.25) is 0 Å². The van der Waals surface area contributed by atoms with Crippen LogP contribution in [0.2, 0.25) is 0 Å². The Bertz CT molecular complexity index is 865. The van der Waals surface area contributed by atoms with Crippen LogP contribution in [0.1, 0.15) is 11.1 Å². The number of hydrogen-bond donors (Lipinski definition) is 1. The number of rotatable bonds is 2. The number of hydrogen-bond acceptors (Lipinski definition) is 3. The topological polar surface area (TPSA) is 66.5 Å². The van der Waals surface area contributed by atoms with Crippen LogP contribution >= 0.6 is 0 Å². The van der Waals surface area contributed by atoms with Crippen LogP contribution in [0, 0.1) is 12.7 Å². The van der Waals surface area contributed by atoms with Gasteiger partial charge in [-0.2, -0.15) is 0 Å². The van der Waals surface area contributed by atoms with E-state index >= 15 is 0 Å². The minimum atomic E-state index is -3.87. The SMILES string of the molecule is Cc1ccc(CN2C(=O)NS(=O)(=O)c3ccccc32)c(F)c1. The van der Waals surface area contributed by atoms with Crippen molar-refractivity contribution in [3.05, 3.63) is 59.4 Å². The fraction of sp³-hybridized carbons (Fsp3) is 0.133. The molecule has 1 heterocycles. The molecule has 0 saturated heterocycles. The van der Waals surface area contributed by atoms with Gasteiger partial charge in [0.05, 0.1) is 12.2 Å². The molecule has 0 unspecified atom stereocenters. The fourth-order valence-electron chi connectivity index (χ4n) is 2.35. The van der Waals surface area contributed by atoms with Crippen molar-refractivity contribution in [2.75, 3.05) is 4.90 Å². The zero-order chi connectivity index (χ0) is 15.9. The minimum absolute atomic E-state index is 0.00196. The molecule has 1 aliphatic heterocycles. The quantitative estimate of drug-likeness (QED) is 0.925. The number of carbonyl (C=O) groups is 1. The van der Waals surface area contributed by atoms with Crippen LogP contribution in [-0.4, -0.2) is 14.4 Å². The van der Waals surface area contributed by atoms with E-state index in [2.05, 4.69) is 0 Å². The van der Waals surface area contributed by atoms with Gasteiger partial charge < -0.3 is 0 Å². The molecule has 22 heavy (non-hydrogen) atoms. The zero-order valence-electron chi connectivity index (χ0n) is 11.7. The number of nitrogens with zero attached hydrogens (tertiary/aromatic N) is 1. The van der Waals surface area contributed by atoms with Crippen LogP contribution in [-0.2, 0) is 16.6 Å². The summed E-state index contributed by atoms with van der Waals surface area (Å²) in [5.74, 6) is -0.432. The van der Waals surface area contributed by atoms with Crippen molar-refractivity contribution in [3.8, 4) is 0 Å². The highest BCUT2D eigenvalue weighted by atomic mass is 32.2. The standard InChI is InChI=1S/C15H13FN2O3S/c1-10-6-7-11(12(16)8-10)9-18-13-4-2-3-5-14(13)22(20,21)17-15(18)19/h2-8H,9H2,1H3,(H,17,19). The van der Waals surface area contributed by atoms with Crippen LogP contribution in [0.5, 0.6) is 0 Å². The maximum absolute atomic E-state index is 14.0. The number of para-hydroxylation sites is 1. The summed E-state index contributed by atoms with van der Waals surface area (Å²) in [7, 11) is -3.87. The molecule has 7 heteroatoms. The van der Waals surface area contributed by atoms with Gasteiger partial charge in [0.25, 0.3) is 10.0 Å². The third kappa shape index (κ3) is 2.43. The van der Waals surface area contributed by atoms with E-state index < -0.39 is 21.9 Å². The summed E-state index contributed by atoms with van der Waals surface area (Å²) in [5, 5.41) is 0. The molecule has 0 atom stereocenters. The molecule has 0 radical (unpaired) electrons. The second-order valence-electron chi connectivity index (χ2n) is 5.06. The molecule has 2 aromatic rings. The zero-order valence-corrected chi connectivity index (χ0v) is 12.5. The third-order valence-electron chi connectivity index (χ3n) is 3.45.